The van der Waals surface area contributed by atoms with E-state index in [2.05, 4.69) is 26.2 Å². The summed E-state index contributed by atoms with van der Waals surface area (Å²) in [5.74, 6) is 1.07. The molecule has 0 aromatic carbocycles. The highest BCUT2D eigenvalue weighted by atomic mass is 79.9. The lowest BCUT2D eigenvalue weighted by Crippen LogP contribution is -2.42. The fourth-order valence-electron chi connectivity index (χ4n) is 3.23. The number of carbonyl (C=O) groups is 1. The van der Waals surface area contributed by atoms with Gasteiger partial charge in [-0.1, -0.05) is 11.3 Å². The Labute approximate surface area is 112 Å². The lowest BCUT2D eigenvalue weighted by molar-refractivity contribution is -0.121. The average molecular weight is 316 g/mol. The summed E-state index contributed by atoms with van der Waals surface area (Å²) in [6.45, 7) is 0. The highest BCUT2D eigenvalue weighted by Gasteiger charge is 2.49. The molecule has 2 fully saturated rings. The number of anilines is 1. The first-order valence-electron chi connectivity index (χ1n) is 5.83. The maximum Gasteiger partial charge on any atom is 0.231 e. The standard InChI is InChI=1S/C11H14BrN3OS/c12-7-4-14-11(17-7)15-10(16)8-5-1-2-6(3-5)9(8)13/h4-6,8-9H,1-3,13H2,(H,14,15,16). The summed E-state index contributed by atoms with van der Waals surface area (Å²) in [7, 11) is 0. The van der Waals surface area contributed by atoms with Crippen molar-refractivity contribution in [3.8, 4) is 0 Å². The van der Waals surface area contributed by atoms with Gasteiger partial charge in [-0.2, -0.15) is 0 Å². The van der Waals surface area contributed by atoms with Crippen molar-refractivity contribution >= 4 is 38.3 Å². The van der Waals surface area contributed by atoms with E-state index in [-0.39, 0.29) is 17.9 Å². The van der Waals surface area contributed by atoms with E-state index >= 15 is 0 Å². The summed E-state index contributed by atoms with van der Waals surface area (Å²) in [6.07, 6.45) is 5.16. The van der Waals surface area contributed by atoms with Gasteiger partial charge in [0.15, 0.2) is 5.13 Å². The molecule has 2 aliphatic rings. The van der Waals surface area contributed by atoms with Crippen LogP contribution in [0.2, 0.25) is 0 Å². The molecule has 1 aromatic rings. The van der Waals surface area contributed by atoms with Crippen molar-refractivity contribution in [3.63, 3.8) is 0 Å². The molecule has 4 nitrogen and oxygen atoms in total. The van der Waals surface area contributed by atoms with Crippen LogP contribution in [0.1, 0.15) is 19.3 Å². The van der Waals surface area contributed by atoms with Gasteiger partial charge in [-0.15, -0.1) is 0 Å². The van der Waals surface area contributed by atoms with Crippen LogP contribution in [-0.4, -0.2) is 16.9 Å². The minimum Gasteiger partial charge on any atom is -0.327 e. The molecule has 4 unspecified atom stereocenters. The van der Waals surface area contributed by atoms with Crippen molar-refractivity contribution in [2.75, 3.05) is 5.32 Å². The Morgan fingerprint density at radius 3 is 2.88 bits per heavy atom. The van der Waals surface area contributed by atoms with Crippen LogP contribution in [0.3, 0.4) is 0 Å². The molecule has 2 bridgehead atoms. The molecule has 2 saturated carbocycles. The minimum absolute atomic E-state index is 0.0172. The van der Waals surface area contributed by atoms with E-state index in [1.807, 2.05) is 0 Å². The molecule has 0 saturated heterocycles. The van der Waals surface area contributed by atoms with E-state index in [4.69, 9.17) is 5.73 Å². The number of nitrogens with two attached hydrogens (primary N) is 1. The molecular weight excluding hydrogens is 302 g/mol. The highest BCUT2D eigenvalue weighted by Crippen LogP contribution is 2.48. The van der Waals surface area contributed by atoms with E-state index in [0.29, 0.717) is 17.0 Å². The van der Waals surface area contributed by atoms with Gasteiger partial charge in [0.2, 0.25) is 5.91 Å². The molecule has 3 N–H and O–H groups in total. The van der Waals surface area contributed by atoms with Crippen molar-refractivity contribution in [2.45, 2.75) is 25.3 Å². The largest absolute Gasteiger partial charge is 0.327 e. The second kappa shape index (κ2) is 4.33. The third kappa shape index (κ3) is 2.02. The predicted molar refractivity (Wildman–Crippen MR) is 70.7 cm³/mol. The SMILES string of the molecule is NC1C2CCC(C2)C1C(=O)Nc1ncc(Br)s1. The van der Waals surface area contributed by atoms with E-state index in [1.54, 1.807) is 6.20 Å². The zero-order valence-electron chi connectivity index (χ0n) is 9.23. The molecule has 3 rings (SSSR count). The molecule has 0 spiro atoms. The second-order valence-corrected chi connectivity index (χ2v) is 7.31. The fourth-order valence-corrected chi connectivity index (χ4v) is 4.34. The summed E-state index contributed by atoms with van der Waals surface area (Å²) in [6, 6.07) is 0.0390. The summed E-state index contributed by atoms with van der Waals surface area (Å²) in [5, 5.41) is 3.53. The lowest BCUT2D eigenvalue weighted by atomic mass is 9.84. The Morgan fingerprint density at radius 2 is 2.29 bits per heavy atom. The van der Waals surface area contributed by atoms with Crippen LogP contribution < -0.4 is 11.1 Å². The predicted octanol–water partition coefficient (Wildman–Crippen LogP) is 2.22. The molecule has 1 amide bonds. The van der Waals surface area contributed by atoms with Gasteiger partial charge in [0.25, 0.3) is 0 Å². The van der Waals surface area contributed by atoms with Crippen molar-refractivity contribution in [2.24, 2.45) is 23.5 Å². The van der Waals surface area contributed by atoms with E-state index in [0.717, 1.165) is 16.6 Å². The Balaban J connectivity index is 1.70. The first-order chi connectivity index (χ1) is 8.15. The van der Waals surface area contributed by atoms with Crippen LogP contribution in [0.15, 0.2) is 9.98 Å². The first kappa shape index (κ1) is 11.6. The Bertz CT molecular complexity index is 448. The number of hydrogen-bond donors (Lipinski definition) is 2. The number of fused-ring (bicyclic) bond motifs is 2. The van der Waals surface area contributed by atoms with E-state index in [1.165, 1.54) is 17.8 Å². The van der Waals surface area contributed by atoms with Gasteiger partial charge in [-0.3, -0.25) is 4.79 Å². The van der Waals surface area contributed by atoms with Gasteiger partial charge in [0.05, 0.1) is 15.9 Å². The van der Waals surface area contributed by atoms with Crippen LogP contribution in [-0.2, 0) is 4.79 Å². The van der Waals surface area contributed by atoms with Crippen LogP contribution in [0.4, 0.5) is 5.13 Å². The lowest BCUT2D eigenvalue weighted by Gasteiger charge is -2.26. The molecule has 17 heavy (non-hydrogen) atoms. The van der Waals surface area contributed by atoms with Gasteiger partial charge in [-0.25, -0.2) is 4.98 Å². The van der Waals surface area contributed by atoms with Crippen LogP contribution in [0, 0.1) is 17.8 Å². The van der Waals surface area contributed by atoms with Crippen molar-refractivity contribution in [1.29, 1.82) is 0 Å². The van der Waals surface area contributed by atoms with Crippen molar-refractivity contribution in [3.05, 3.63) is 9.98 Å². The summed E-state index contributed by atoms with van der Waals surface area (Å²) >= 11 is 4.76. The third-order valence-electron chi connectivity index (χ3n) is 3.99. The van der Waals surface area contributed by atoms with Crippen LogP contribution in [0.5, 0.6) is 0 Å². The number of carbonyl (C=O) groups excluding carboxylic acids is 1. The third-order valence-corrected chi connectivity index (χ3v) is 5.38. The number of hydrogen-bond acceptors (Lipinski definition) is 4. The maximum atomic E-state index is 12.2. The van der Waals surface area contributed by atoms with Crippen molar-refractivity contribution in [1.82, 2.24) is 4.98 Å². The topological polar surface area (TPSA) is 68.0 Å². The summed E-state index contributed by atoms with van der Waals surface area (Å²) in [5.41, 5.74) is 6.14. The first-order valence-corrected chi connectivity index (χ1v) is 7.44. The van der Waals surface area contributed by atoms with Gasteiger partial charge in [-0.05, 0) is 47.0 Å². The molecule has 6 heteroatoms. The molecule has 4 atom stereocenters. The molecule has 92 valence electrons. The summed E-state index contributed by atoms with van der Waals surface area (Å²) < 4.78 is 0.921. The molecule has 0 radical (unpaired) electrons. The normalized spacial score (nSPS) is 35.2. The molecule has 0 aliphatic heterocycles. The molecule has 2 aliphatic carbocycles. The highest BCUT2D eigenvalue weighted by molar-refractivity contribution is 9.11. The van der Waals surface area contributed by atoms with Crippen LogP contribution in [0.25, 0.3) is 0 Å². The summed E-state index contributed by atoms with van der Waals surface area (Å²) in [4.78, 5) is 16.3. The van der Waals surface area contributed by atoms with Gasteiger partial charge in [0, 0.05) is 6.04 Å². The van der Waals surface area contributed by atoms with E-state index < -0.39 is 0 Å². The Morgan fingerprint density at radius 1 is 1.53 bits per heavy atom. The number of amides is 1. The van der Waals surface area contributed by atoms with Gasteiger partial charge >= 0.3 is 0 Å². The number of thiazole rings is 1. The fraction of sp³-hybridized carbons (Fsp3) is 0.636. The molecule has 1 heterocycles. The number of halogens is 1. The molecule has 1 aromatic heterocycles. The van der Waals surface area contributed by atoms with Gasteiger partial charge < -0.3 is 11.1 Å². The Kier molecular flexibility index (Phi) is 2.96. The average Bonchev–Trinajstić information content (AvgIpc) is 2.94. The zero-order valence-corrected chi connectivity index (χ0v) is 11.6. The van der Waals surface area contributed by atoms with E-state index in [9.17, 15) is 4.79 Å². The maximum absolute atomic E-state index is 12.2. The number of nitrogens with zero attached hydrogens (tertiary/aromatic N) is 1. The number of rotatable bonds is 2. The monoisotopic (exact) mass is 315 g/mol. The minimum atomic E-state index is -0.0172. The van der Waals surface area contributed by atoms with Crippen LogP contribution >= 0.6 is 27.3 Å². The smallest absolute Gasteiger partial charge is 0.231 e. The Hall–Kier alpha value is -0.460. The molecular formula is C11H14BrN3OS. The second-order valence-electron chi connectivity index (χ2n) is 4.90. The van der Waals surface area contributed by atoms with Crippen molar-refractivity contribution < 1.29 is 4.79 Å². The quantitative estimate of drug-likeness (QED) is 0.879. The zero-order chi connectivity index (χ0) is 12.0. The van der Waals surface area contributed by atoms with Gasteiger partial charge in [0.1, 0.15) is 0 Å². The number of nitrogens with one attached hydrogen (secondary N) is 1. The number of aromatic nitrogens is 1.